The van der Waals surface area contributed by atoms with Crippen molar-refractivity contribution in [2.24, 2.45) is 5.92 Å². The second-order valence-electron chi connectivity index (χ2n) is 4.94. The number of rotatable bonds is 6. The Bertz CT molecular complexity index is 316. The van der Waals surface area contributed by atoms with Crippen molar-refractivity contribution in [3.8, 4) is 5.75 Å². The van der Waals surface area contributed by atoms with Gasteiger partial charge in [-0.1, -0.05) is 39.8 Å². The summed E-state index contributed by atoms with van der Waals surface area (Å²) in [7, 11) is 0. The van der Waals surface area contributed by atoms with Gasteiger partial charge >= 0.3 is 0 Å². The zero-order valence-corrected chi connectivity index (χ0v) is 11.3. The molecular formula is C15H24O2. The lowest BCUT2D eigenvalue weighted by molar-refractivity contribution is 0.102. The summed E-state index contributed by atoms with van der Waals surface area (Å²) in [6.07, 6.45) is 0.724. The van der Waals surface area contributed by atoms with E-state index in [2.05, 4.69) is 13.8 Å². The standard InChI is InChI=1S/C15H24O2/c1-5-10-17-14-8-6-13(7-9-14)12(4)15(16)11(2)3/h6-9,11-12,15-16H,5,10H2,1-4H3. The van der Waals surface area contributed by atoms with Crippen molar-refractivity contribution in [3.05, 3.63) is 29.8 Å². The molecule has 0 aliphatic heterocycles. The first-order valence-electron chi connectivity index (χ1n) is 6.47. The summed E-state index contributed by atoms with van der Waals surface area (Å²) in [5.74, 6) is 1.35. The molecule has 96 valence electrons. The van der Waals surface area contributed by atoms with E-state index in [9.17, 15) is 5.11 Å². The Labute approximate surface area is 105 Å². The monoisotopic (exact) mass is 236 g/mol. The first-order valence-corrected chi connectivity index (χ1v) is 6.47. The van der Waals surface area contributed by atoms with Crippen molar-refractivity contribution >= 4 is 0 Å². The van der Waals surface area contributed by atoms with E-state index in [-0.39, 0.29) is 17.9 Å². The molecule has 0 aromatic heterocycles. The Kier molecular flexibility index (Phi) is 5.49. The Morgan fingerprint density at radius 3 is 2.18 bits per heavy atom. The molecular weight excluding hydrogens is 212 g/mol. The summed E-state index contributed by atoms with van der Waals surface area (Å²) in [6, 6.07) is 8.05. The smallest absolute Gasteiger partial charge is 0.119 e. The van der Waals surface area contributed by atoms with Gasteiger partial charge in [0.1, 0.15) is 5.75 Å². The predicted molar refractivity (Wildman–Crippen MR) is 71.5 cm³/mol. The van der Waals surface area contributed by atoms with Gasteiger partial charge in [-0.15, -0.1) is 0 Å². The number of ether oxygens (including phenoxy) is 1. The van der Waals surface area contributed by atoms with Gasteiger partial charge in [-0.25, -0.2) is 0 Å². The van der Waals surface area contributed by atoms with E-state index in [0.29, 0.717) is 0 Å². The maximum Gasteiger partial charge on any atom is 0.119 e. The van der Waals surface area contributed by atoms with Crippen LogP contribution in [-0.2, 0) is 0 Å². The van der Waals surface area contributed by atoms with Crippen LogP contribution in [-0.4, -0.2) is 17.8 Å². The molecule has 2 nitrogen and oxygen atoms in total. The first kappa shape index (κ1) is 14.0. The van der Waals surface area contributed by atoms with Gasteiger partial charge in [-0.2, -0.15) is 0 Å². The molecule has 2 heteroatoms. The number of benzene rings is 1. The molecule has 0 fully saturated rings. The van der Waals surface area contributed by atoms with E-state index in [1.54, 1.807) is 0 Å². The van der Waals surface area contributed by atoms with Gasteiger partial charge in [0.05, 0.1) is 12.7 Å². The van der Waals surface area contributed by atoms with Crippen LogP contribution in [0, 0.1) is 5.92 Å². The highest BCUT2D eigenvalue weighted by atomic mass is 16.5. The van der Waals surface area contributed by atoms with E-state index in [4.69, 9.17) is 4.74 Å². The molecule has 1 aromatic rings. The molecule has 0 saturated heterocycles. The minimum absolute atomic E-state index is 0.162. The van der Waals surface area contributed by atoms with Crippen LogP contribution in [0.3, 0.4) is 0 Å². The maximum absolute atomic E-state index is 10.0. The number of aliphatic hydroxyl groups is 1. The van der Waals surface area contributed by atoms with Gasteiger partial charge < -0.3 is 9.84 Å². The number of hydrogen-bond donors (Lipinski definition) is 1. The summed E-state index contributed by atoms with van der Waals surface area (Å²) >= 11 is 0. The zero-order chi connectivity index (χ0) is 12.8. The maximum atomic E-state index is 10.0. The molecule has 0 saturated carbocycles. The van der Waals surface area contributed by atoms with Crippen LogP contribution in [0.1, 0.15) is 45.6 Å². The number of aliphatic hydroxyl groups excluding tert-OH is 1. The van der Waals surface area contributed by atoms with E-state index >= 15 is 0 Å². The molecule has 1 rings (SSSR count). The molecule has 0 spiro atoms. The normalized spacial score (nSPS) is 14.7. The highest BCUT2D eigenvalue weighted by Gasteiger charge is 2.19. The highest BCUT2D eigenvalue weighted by molar-refractivity contribution is 5.29. The first-order chi connectivity index (χ1) is 8.06. The van der Waals surface area contributed by atoms with Crippen LogP contribution in [0.2, 0.25) is 0 Å². The summed E-state index contributed by atoms with van der Waals surface area (Å²) in [5.41, 5.74) is 1.16. The fraction of sp³-hybridized carbons (Fsp3) is 0.600. The molecule has 0 heterocycles. The molecule has 1 aromatic carbocycles. The van der Waals surface area contributed by atoms with Gasteiger partial charge in [-0.3, -0.25) is 0 Å². The molecule has 0 radical (unpaired) electrons. The van der Waals surface area contributed by atoms with Gasteiger partial charge in [-0.05, 0) is 30.0 Å². The average Bonchev–Trinajstić information content (AvgIpc) is 2.35. The second-order valence-corrected chi connectivity index (χ2v) is 4.94. The van der Waals surface area contributed by atoms with Crippen LogP contribution in [0.5, 0.6) is 5.75 Å². The quantitative estimate of drug-likeness (QED) is 0.817. The third kappa shape index (κ3) is 4.04. The van der Waals surface area contributed by atoms with E-state index in [1.807, 2.05) is 38.1 Å². The van der Waals surface area contributed by atoms with Crippen LogP contribution < -0.4 is 4.74 Å². The van der Waals surface area contributed by atoms with Crippen molar-refractivity contribution in [1.82, 2.24) is 0 Å². The second kappa shape index (κ2) is 6.65. The van der Waals surface area contributed by atoms with Gasteiger partial charge in [0, 0.05) is 5.92 Å². The largest absolute Gasteiger partial charge is 0.494 e. The third-order valence-corrected chi connectivity index (χ3v) is 3.07. The van der Waals surface area contributed by atoms with Crippen molar-refractivity contribution in [2.75, 3.05) is 6.61 Å². The molecule has 2 unspecified atom stereocenters. The Balaban J connectivity index is 2.66. The molecule has 0 amide bonds. The van der Waals surface area contributed by atoms with E-state index in [0.717, 1.165) is 24.3 Å². The van der Waals surface area contributed by atoms with Gasteiger partial charge in [0.15, 0.2) is 0 Å². The Morgan fingerprint density at radius 1 is 1.12 bits per heavy atom. The molecule has 0 aliphatic carbocycles. The molecule has 0 aliphatic rings. The van der Waals surface area contributed by atoms with Crippen molar-refractivity contribution < 1.29 is 9.84 Å². The topological polar surface area (TPSA) is 29.5 Å². The summed E-state index contributed by atoms with van der Waals surface area (Å²) in [6.45, 7) is 8.99. The van der Waals surface area contributed by atoms with Crippen molar-refractivity contribution in [3.63, 3.8) is 0 Å². The van der Waals surface area contributed by atoms with Crippen LogP contribution >= 0.6 is 0 Å². The third-order valence-electron chi connectivity index (χ3n) is 3.07. The lowest BCUT2D eigenvalue weighted by Crippen LogP contribution is -2.21. The fourth-order valence-electron chi connectivity index (χ4n) is 1.86. The summed E-state index contributed by atoms with van der Waals surface area (Å²) in [5, 5.41) is 10.0. The fourth-order valence-corrected chi connectivity index (χ4v) is 1.86. The molecule has 17 heavy (non-hydrogen) atoms. The van der Waals surface area contributed by atoms with Crippen molar-refractivity contribution in [2.45, 2.75) is 46.1 Å². The van der Waals surface area contributed by atoms with Crippen LogP contribution in [0.4, 0.5) is 0 Å². The Hall–Kier alpha value is -1.02. The Morgan fingerprint density at radius 2 is 1.71 bits per heavy atom. The average molecular weight is 236 g/mol. The predicted octanol–water partition coefficient (Wildman–Crippen LogP) is 3.60. The molecule has 0 bridgehead atoms. The molecule has 2 atom stereocenters. The van der Waals surface area contributed by atoms with E-state index in [1.165, 1.54) is 0 Å². The summed E-state index contributed by atoms with van der Waals surface area (Å²) in [4.78, 5) is 0. The highest BCUT2D eigenvalue weighted by Crippen LogP contribution is 2.25. The van der Waals surface area contributed by atoms with Gasteiger partial charge in [0.2, 0.25) is 0 Å². The number of hydrogen-bond acceptors (Lipinski definition) is 2. The SMILES string of the molecule is CCCOc1ccc(C(C)C(O)C(C)C)cc1. The lowest BCUT2D eigenvalue weighted by atomic mass is 9.89. The minimum atomic E-state index is -0.294. The van der Waals surface area contributed by atoms with E-state index < -0.39 is 0 Å². The van der Waals surface area contributed by atoms with Gasteiger partial charge in [0.25, 0.3) is 0 Å². The van der Waals surface area contributed by atoms with Crippen LogP contribution in [0.15, 0.2) is 24.3 Å². The minimum Gasteiger partial charge on any atom is -0.494 e. The molecule has 1 N–H and O–H groups in total. The summed E-state index contributed by atoms with van der Waals surface area (Å²) < 4.78 is 5.54. The van der Waals surface area contributed by atoms with Crippen molar-refractivity contribution in [1.29, 1.82) is 0 Å². The lowest BCUT2D eigenvalue weighted by Gasteiger charge is -2.22. The van der Waals surface area contributed by atoms with Crippen LogP contribution in [0.25, 0.3) is 0 Å². The zero-order valence-electron chi connectivity index (χ0n) is 11.3.